The van der Waals surface area contributed by atoms with Crippen molar-refractivity contribution < 1.29 is 32.9 Å². The number of allylic oxidation sites excluding steroid dienone is 15. The molecule has 0 spiro atoms. The summed E-state index contributed by atoms with van der Waals surface area (Å²) in [4.78, 5) is 25.7. The Balaban J connectivity index is 4.09. The summed E-state index contributed by atoms with van der Waals surface area (Å²) in [6, 6.07) is -0.916. The van der Waals surface area contributed by atoms with Gasteiger partial charge in [-0.15, -0.1) is 0 Å². The van der Waals surface area contributed by atoms with Crippen molar-refractivity contribution in [2.75, 3.05) is 40.9 Å². The van der Waals surface area contributed by atoms with Crippen molar-refractivity contribution in [2.45, 2.75) is 353 Å². The molecule has 0 aromatic carbocycles. The molecule has 0 heterocycles. The minimum absolute atomic E-state index is 0.0114. The van der Waals surface area contributed by atoms with E-state index < -0.39 is 26.6 Å². The lowest BCUT2D eigenvalue weighted by Crippen LogP contribution is -2.45. The van der Waals surface area contributed by atoms with Gasteiger partial charge < -0.3 is 28.8 Å². The number of quaternary nitrogens is 1. The van der Waals surface area contributed by atoms with Gasteiger partial charge >= 0.3 is 0 Å². The van der Waals surface area contributed by atoms with Gasteiger partial charge in [0.2, 0.25) is 5.91 Å². The predicted molar refractivity (Wildman–Crippen MR) is 380 cm³/mol. The Hall–Kier alpha value is -2.58. The zero-order valence-corrected chi connectivity index (χ0v) is 58.9. The smallest absolute Gasteiger partial charge is 0.268 e. The van der Waals surface area contributed by atoms with E-state index in [2.05, 4.69) is 104 Å². The Morgan fingerprint density at radius 3 is 1.07 bits per heavy atom. The number of rotatable bonds is 68. The molecule has 506 valence electrons. The van der Waals surface area contributed by atoms with E-state index in [1.54, 1.807) is 6.08 Å². The summed E-state index contributed by atoms with van der Waals surface area (Å²) in [5.74, 6) is -0.209. The maximum atomic E-state index is 13.1. The molecule has 8 nitrogen and oxygen atoms in total. The van der Waals surface area contributed by atoms with Gasteiger partial charge in [-0.2, -0.15) is 0 Å². The summed E-state index contributed by atoms with van der Waals surface area (Å²) in [6.45, 7) is 4.54. The number of phosphoric ester groups is 1. The average Bonchev–Trinajstić information content (AvgIpc) is 3.71. The molecule has 0 fully saturated rings. The van der Waals surface area contributed by atoms with Gasteiger partial charge in [0.1, 0.15) is 13.2 Å². The fourth-order valence-electron chi connectivity index (χ4n) is 10.8. The Morgan fingerprint density at radius 1 is 0.414 bits per heavy atom. The highest BCUT2D eigenvalue weighted by atomic mass is 31.2. The van der Waals surface area contributed by atoms with Crippen LogP contribution < -0.4 is 10.2 Å². The molecule has 3 atom stereocenters. The maximum Gasteiger partial charge on any atom is 0.268 e. The fourth-order valence-corrected chi connectivity index (χ4v) is 11.5. The van der Waals surface area contributed by atoms with Crippen LogP contribution in [0.5, 0.6) is 0 Å². The molecule has 0 bridgehead atoms. The van der Waals surface area contributed by atoms with E-state index in [1.807, 2.05) is 27.2 Å². The van der Waals surface area contributed by atoms with E-state index in [0.29, 0.717) is 17.4 Å². The zero-order valence-electron chi connectivity index (χ0n) is 58.0. The number of aliphatic hydroxyl groups is 1. The molecule has 0 aliphatic carbocycles. The highest BCUT2D eigenvalue weighted by Crippen LogP contribution is 2.38. The fraction of sp³-hybridized carbons (Fsp3) is 0.782. The van der Waals surface area contributed by atoms with E-state index in [0.717, 1.165) is 77.0 Å². The van der Waals surface area contributed by atoms with Crippen LogP contribution in [0, 0.1) is 0 Å². The second-order valence-corrected chi connectivity index (χ2v) is 27.7. The Morgan fingerprint density at radius 2 is 0.713 bits per heavy atom. The van der Waals surface area contributed by atoms with Crippen molar-refractivity contribution in [3.63, 3.8) is 0 Å². The normalized spacial score (nSPS) is 14.1. The molecule has 9 heteroatoms. The van der Waals surface area contributed by atoms with Gasteiger partial charge in [0.25, 0.3) is 7.82 Å². The number of nitrogens with zero attached hydrogens (tertiary/aromatic N) is 1. The Bertz CT molecular complexity index is 1740. The molecule has 87 heavy (non-hydrogen) atoms. The third-order valence-corrected chi connectivity index (χ3v) is 17.5. The van der Waals surface area contributed by atoms with Gasteiger partial charge in [-0.1, -0.05) is 342 Å². The van der Waals surface area contributed by atoms with Crippen LogP contribution in [0.3, 0.4) is 0 Å². The monoisotopic (exact) mass is 1240 g/mol. The first-order valence-electron chi connectivity index (χ1n) is 37.1. The minimum Gasteiger partial charge on any atom is -0.756 e. The molecular formula is C78H143N2O6P. The summed E-state index contributed by atoms with van der Waals surface area (Å²) in [6.07, 6.45) is 98.4. The second-order valence-electron chi connectivity index (χ2n) is 26.3. The topological polar surface area (TPSA) is 108 Å². The summed E-state index contributed by atoms with van der Waals surface area (Å²) in [5.41, 5.74) is 0. The van der Waals surface area contributed by atoms with Gasteiger partial charge in [-0.25, -0.2) is 0 Å². The molecule has 0 radical (unpaired) electrons. The number of phosphoric acid groups is 1. The third-order valence-electron chi connectivity index (χ3n) is 16.5. The molecule has 0 saturated heterocycles. The lowest BCUT2D eigenvalue weighted by Gasteiger charge is -2.29. The van der Waals surface area contributed by atoms with Crippen molar-refractivity contribution in [3.05, 3.63) is 97.2 Å². The number of hydrogen-bond acceptors (Lipinski definition) is 6. The summed E-state index contributed by atoms with van der Waals surface area (Å²) >= 11 is 0. The number of nitrogens with one attached hydrogen (secondary N) is 1. The number of likely N-dealkylation sites (N-methyl/N-ethyl adjacent to an activating group) is 1. The zero-order chi connectivity index (χ0) is 63.4. The number of amides is 1. The number of aliphatic hydroxyl groups excluding tert-OH is 1. The Kier molecular flexibility index (Phi) is 65.8. The molecule has 0 aromatic heterocycles. The highest BCUT2D eigenvalue weighted by molar-refractivity contribution is 7.45. The number of unbranched alkanes of at least 4 members (excludes halogenated alkanes) is 41. The SMILES string of the molecule is CC/C=C\C/C=C\C/C=C\C/C=C\C/C=C\CCCCCCCCCCCCCCCCCCCC(=O)NC(COP(=O)([O-])OCC[N+](C)(C)C)C(O)/C=C/CC/C=C/CC/C=C/CCCCCCCCCCCCCCCCCCCCCCCC. The van der Waals surface area contributed by atoms with Gasteiger partial charge in [0.15, 0.2) is 0 Å². The van der Waals surface area contributed by atoms with Gasteiger partial charge in [0, 0.05) is 6.42 Å². The van der Waals surface area contributed by atoms with Crippen LogP contribution >= 0.6 is 7.82 Å². The van der Waals surface area contributed by atoms with Crippen LogP contribution in [0.15, 0.2) is 97.2 Å². The van der Waals surface area contributed by atoms with Crippen molar-refractivity contribution in [3.8, 4) is 0 Å². The lowest BCUT2D eigenvalue weighted by atomic mass is 10.0. The first-order valence-corrected chi connectivity index (χ1v) is 38.6. The number of carbonyl (C=O) groups is 1. The van der Waals surface area contributed by atoms with Crippen LogP contribution in [0.25, 0.3) is 0 Å². The minimum atomic E-state index is -4.62. The molecule has 0 saturated carbocycles. The molecule has 0 rings (SSSR count). The van der Waals surface area contributed by atoms with Crippen LogP contribution in [-0.4, -0.2) is 68.5 Å². The van der Waals surface area contributed by atoms with Gasteiger partial charge in [-0.3, -0.25) is 9.36 Å². The third kappa shape index (κ3) is 70.7. The highest BCUT2D eigenvalue weighted by Gasteiger charge is 2.23. The van der Waals surface area contributed by atoms with Crippen molar-refractivity contribution in [2.24, 2.45) is 0 Å². The van der Waals surface area contributed by atoms with E-state index >= 15 is 0 Å². The standard InChI is InChI=1S/C78H143N2O6P/c1-6-8-10-12-14-16-18-20-22-24-26-28-30-32-34-36-38-40-42-44-46-48-50-52-54-56-58-60-62-64-66-68-70-72-78(82)79-76(75-86-87(83,84)85-74-73-80(3,4)5)77(81)71-69-67-65-63-61-59-57-55-53-51-49-47-45-43-41-39-37-35-33-31-29-27-25-23-21-19-17-15-13-11-9-7-2/h8,10,14,16,20,22,26,28,32,34,53,55,61,63,69,71,76-77,81H,6-7,9,11-13,15,17-19,21,23-25,27,29-31,33,35-52,54,56-60,62,64-68,70,72-75H2,1-5H3,(H-,79,82,83,84)/b10-8-,16-14-,22-20-,28-26-,34-32-,55-53+,63-61+,71-69+. The predicted octanol–water partition coefficient (Wildman–Crippen LogP) is 23.4. The molecule has 0 aliphatic heterocycles. The van der Waals surface area contributed by atoms with E-state index in [4.69, 9.17) is 9.05 Å². The van der Waals surface area contributed by atoms with Crippen molar-refractivity contribution >= 4 is 13.7 Å². The first kappa shape index (κ1) is 84.4. The largest absolute Gasteiger partial charge is 0.756 e. The quantitative estimate of drug-likeness (QED) is 0.0272. The molecule has 2 N–H and O–H groups in total. The molecular weight excluding hydrogens is 1090 g/mol. The van der Waals surface area contributed by atoms with E-state index in [-0.39, 0.29) is 12.5 Å². The Labute approximate surface area is 540 Å². The second kappa shape index (κ2) is 67.8. The molecule has 0 aromatic rings. The van der Waals surface area contributed by atoms with E-state index in [1.165, 1.54) is 244 Å². The van der Waals surface area contributed by atoms with Crippen LogP contribution in [-0.2, 0) is 18.4 Å². The number of hydrogen-bond donors (Lipinski definition) is 2. The molecule has 1 amide bonds. The van der Waals surface area contributed by atoms with Crippen LogP contribution in [0.1, 0.15) is 341 Å². The van der Waals surface area contributed by atoms with Crippen LogP contribution in [0.4, 0.5) is 0 Å². The van der Waals surface area contributed by atoms with Crippen molar-refractivity contribution in [1.82, 2.24) is 5.32 Å². The summed E-state index contributed by atoms with van der Waals surface area (Å²) in [5, 5.41) is 14.0. The van der Waals surface area contributed by atoms with Gasteiger partial charge in [-0.05, 0) is 89.9 Å². The van der Waals surface area contributed by atoms with Crippen molar-refractivity contribution in [1.29, 1.82) is 0 Å². The van der Waals surface area contributed by atoms with E-state index in [9.17, 15) is 19.4 Å². The first-order chi connectivity index (χ1) is 42.5. The average molecular weight is 1240 g/mol. The number of carbonyl (C=O) groups excluding carboxylic acids is 1. The lowest BCUT2D eigenvalue weighted by molar-refractivity contribution is -0.870. The van der Waals surface area contributed by atoms with Crippen LogP contribution in [0.2, 0.25) is 0 Å². The summed E-state index contributed by atoms with van der Waals surface area (Å²) in [7, 11) is 1.24. The van der Waals surface area contributed by atoms with Gasteiger partial charge in [0.05, 0.1) is 39.9 Å². The maximum absolute atomic E-state index is 13.1. The molecule has 3 unspecified atom stereocenters. The summed E-state index contributed by atoms with van der Waals surface area (Å²) < 4.78 is 23.5. The molecule has 0 aliphatic rings.